The van der Waals surface area contributed by atoms with Gasteiger partial charge in [-0.15, -0.1) is 0 Å². The van der Waals surface area contributed by atoms with Crippen LogP contribution in [0.5, 0.6) is 5.75 Å². The lowest BCUT2D eigenvalue weighted by Gasteiger charge is -2.04. The van der Waals surface area contributed by atoms with E-state index in [-0.39, 0.29) is 17.9 Å². The number of carbonyl (C=O) groups excluding carboxylic acids is 2. The molecule has 3 N–H and O–H groups in total. The molecule has 0 spiro atoms. The number of aryl methyl sites for hydroxylation is 1. The fourth-order valence-electron chi connectivity index (χ4n) is 1.88. The van der Waals surface area contributed by atoms with Crippen LogP contribution in [0.25, 0.3) is 0 Å². The van der Waals surface area contributed by atoms with Crippen molar-refractivity contribution in [2.45, 2.75) is 6.92 Å². The third-order valence-corrected chi connectivity index (χ3v) is 3.07. The van der Waals surface area contributed by atoms with Crippen LogP contribution in [0.3, 0.4) is 0 Å². The van der Waals surface area contributed by atoms with Gasteiger partial charge in [0.05, 0.1) is 12.8 Å². The molecular formula is C17H16FN3O3. The van der Waals surface area contributed by atoms with Gasteiger partial charge in [-0.25, -0.2) is 9.82 Å². The summed E-state index contributed by atoms with van der Waals surface area (Å²) in [7, 11) is 0. The molecule has 2 rings (SSSR count). The van der Waals surface area contributed by atoms with Crippen LogP contribution in [0.15, 0.2) is 47.6 Å². The number of phenolic OH excluding ortho intramolecular Hbond substituents is 1. The van der Waals surface area contributed by atoms with Crippen LogP contribution in [0, 0.1) is 12.7 Å². The van der Waals surface area contributed by atoms with E-state index < -0.39 is 17.6 Å². The van der Waals surface area contributed by atoms with Gasteiger partial charge in [-0.1, -0.05) is 17.7 Å². The van der Waals surface area contributed by atoms with E-state index in [0.29, 0.717) is 5.56 Å². The maximum absolute atomic E-state index is 13.0. The van der Waals surface area contributed by atoms with E-state index in [0.717, 1.165) is 11.6 Å². The average Bonchev–Trinajstić information content (AvgIpc) is 2.56. The Labute approximate surface area is 138 Å². The predicted octanol–water partition coefficient (Wildman–Crippen LogP) is 1.72. The van der Waals surface area contributed by atoms with Crippen LogP contribution in [0.2, 0.25) is 0 Å². The predicted molar refractivity (Wildman–Crippen MR) is 87.3 cm³/mol. The number of benzene rings is 2. The van der Waals surface area contributed by atoms with Gasteiger partial charge in [0.1, 0.15) is 11.6 Å². The molecule has 0 saturated carbocycles. The fraction of sp³-hybridized carbons (Fsp3) is 0.118. The monoisotopic (exact) mass is 329 g/mol. The Kier molecular flexibility index (Phi) is 5.62. The minimum Gasteiger partial charge on any atom is -0.507 e. The molecule has 0 fully saturated rings. The van der Waals surface area contributed by atoms with Crippen molar-refractivity contribution in [1.82, 2.24) is 10.7 Å². The number of hydrogen-bond acceptors (Lipinski definition) is 4. The molecule has 0 saturated heterocycles. The summed E-state index contributed by atoms with van der Waals surface area (Å²) in [5, 5.41) is 15.7. The van der Waals surface area contributed by atoms with Crippen molar-refractivity contribution in [2.75, 3.05) is 6.54 Å². The molecule has 0 radical (unpaired) electrons. The van der Waals surface area contributed by atoms with Crippen LogP contribution in [0.1, 0.15) is 21.5 Å². The highest BCUT2D eigenvalue weighted by atomic mass is 19.1. The van der Waals surface area contributed by atoms with Crippen molar-refractivity contribution in [1.29, 1.82) is 0 Å². The second-order valence-corrected chi connectivity index (χ2v) is 5.05. The van der Waals surface area contributed by atoms with Crippen molar-refractivity contribution < 1.29 is 19.1 Å². The molecule has 6 nitrogen and oxygen atoms in total. The number of carbonyl (C=O) groups is 2. The summed E-state index contributed by atoms with van der Waals surface area (Å²) < 4.78 is 13.0. The standard InChI is InChI=1S/C17H16FN3O3/c1-11-5-6-15(22)13(7-11)9-20-21-16(23)10-19-17(24)12-3-2-4-14(18)8-12/h2-9,22H,10H2,1H3,(H,19,24)(H,21,23)/b20-9+. The first kappa shape index (κ1) is 17.1. The smallest absolute Gasteiger partial charge is 0.259 e. The van der Waals surface area contributed by atoms with E-state index in [2.05, 4.69) is 15.8 Å². The van der Waals surface area contributed by atoms with Crippen LogP contribution >= 0.6 is 0 Å². The third-order valence-electron chi connectivity index (χ3n) is 3.07. The highest BCUT2D eigenvalue weighted by molar-refractivity contribution is 5.96. The van der Waals surface area contributed by atoms with E-state index in [1.807, 2.05) is 6.92 Å². The van der Waals surface area contributed by atoms with Gasteiger partial charge in [0, 0.05) is 11.1 Å². The Hall–Kier alpha value is -3.22. The molecule has 2 aromatic carbocycles. The van der Waals surface area contributed by atoms with Crippen LogP contribution in [0.4, 0.5) is 4.39 Å². The SMILES string of the molecule is Cc1ccc(O)c(/C=N/NC(=O)CNC(=O)c2cccc(F)c2)c1. The summed E-state index contributed by atoms with van der Waals surface area (Å²) in [4.78, 5) is 23.4. The number of nitrogens with one attached hydrogen (secondary N) is 2. The van der Waals surface area contributed by atoms with E-state index in [4.69, 9.17) is 0 Å². The second kappa shape index (κ2) is 7.87. The highest BCUT2D eigenvalue weighted by Gasteiger charge is 2.08. The average molecular weight is 329 g/mol. The number of nitrogens with zero attached hydrogens (tertiary/aromatic N) is 1. The Morgan fingerprint density at radius 1 is 1.25 bits per heavy atom. The second-order valence-electron chi connectivity index (χ2n) is 5.05. The number of aromatic hydroxyl groups is 1. The Balaban J connectivity index is 1.84. The Morgan fingerprint density at radius 3 is 2.79 bits per heavy atom. The van der Waals surface area contributed by atoms with E-state index in [9.17, 15) is 19.1 Å². The quantitative estimate of drug-likeness (QED) is 0.576. The number of phenols is 1. The molecule has 0 bridgehead atoms. The summed E-state index contributed by atoms with van der Waals surface area (Å²) in [6, 6.07) is 10.1. The molecular weight excluding hydrogens is 313 g/mol. The first-order valence-corrected chi connectivity index (χ1v) is 7.11. The van der Waals surface area contributed by atoms with Gasteiger partial charge in [0.15, 0.2) is 0 Å². The maximum atomic E-state index is 13.0. The highest BCUT2D eigenvalue weighted by Crippen LogP contribution is 2.15. The topological polar surface area (TPSA) is 90.8 Å². The zero-order valence-electron chi connectivity index (χ0n) is 12.9. The number of rotatable bonds is 5. The largest absolute Gasteiger partial charge is 0.507 e. The zero-order chi connectivity index (χ0) is 17.5. The summed E-state index contributed by atoms with van der Waals surface area (Å²) >= 11 is 0. The normalized spacial score (nSPS) is 10.6. The van der Waals surface area contributed by atoms with Gasteiger partial charge in [-0.05, 0) is 37.3 Å². The minimum atomic E-state index is -0.565. The van der Waals surface area contributed by atoms with Crippen LogP contribution in [-0.4, -0.2) is 29.7 Å². The molecule has 2 aromatic rings. The van der Waals surface area contributed by atoms with Crippen molar-refractivity contribution in [3.05, 3.63) is 65.0 Å². The van der Waals surface area contributed by atoms with Crippen LogP contribution < -0.4 is 10.7 Å². The first-order valence-electron chi connectivity index (χ1n) is 7.11. The number of hydrazone groups is 1. The molecule has 124 valence electrons. The van der Waals surface area contributed by atoms with E-state index in [1.54, 1.807) is 12.1 Å². The third kappa shape index (κ3) is 4.91. The number of hydrogen-bond donors (Lipinski definition) is 3. The van der Waals surface area contributed by atoms with Gasteiger partial charge in [0.2, 0.25) is 0 Å². The molecule has 0 aliphatic rings. The first-order chi connectivity index (χ1) is 11.5. The Bertz CT molecular complexity index is 790. The molecule has 0 unspecified atom stereocenters. The minimum absolute atomic E-state index is 0.0398. The summed E-state index contributed by atoms with van der Waals surface area (Å²) in [6.45, 7) is 1.55. The number of halogens is 1. The summed E-state index contributed by atoms with van der Waals surface area (Å²) in [5.41, 5.74) is 3.74. The van der Waals surface area contributed by atoms with Crippen molar-refractivity contribution >= 4 is 18.0 Å². The van der Waals surface area contributed by atoms with E-state index in [1.165, 1.54) is 30.5 Å². The van der Waals surface area contributed by atoms with Gasteiger partial charge >= 0.3 is 0 Å². The van der Waals surface area contributed by atoms with Gasteiger partial charge in [-0.3, -0.25) is 9.59 Å². The fourth-order valence-corrected chi connectivity index (χ4v) is 1.88. The van der Waals surface area contributed by atoms with Crippen molar-refractivity contribution in [3.8, 4) is 5.75 Å². The van der Waals surface area contributed by atoms with E-state index >= 15 is 0 Å². The molecule has 0 atom stereocenters. The molecule has 0 aliphatic heterocycles. The lowest BCUT2D eigenvalue weighted by Crippen LogP contribution is -2.34. The van der Waals surface area contributed by atoms with Crippen molar-refractivity contribution in [2.24, 2.45) is 5.10 Å². The molecule has 24 heavy (non-hydrogen) atoms. The summed E-state index contributed by atoms with van der Waals surface area (Å²) in [6.07, 6.45) is 1.30. The molecule has 0 aliphatic carbocycles. The lowest BCUT2D eigenvalue weighted by molar-refractivity contribution is -0.120. The number of amides is 2. The Morgan fingerprint density at radius 2 is 2.04 bits per heavy atom. The van der Waals surface area contributed by atoms with Gasteiger partial charge in [-0.2, -0.15) is 5.10 Å². The lowest BCUT2D eigenvalue weighted by atomic mass is 10.1. The molecule has 0 aromatic heterocycles. The maximum Gasteiger partial charge on any atom is 0.259 e. The van der Waals surface area contributed by atoms with Crippen LogP contribution in [-0.2, 0) is 4.79 Å². The van der Waals surface area contributed by atoms with Gasteiger partial charge in [0.25, 0.3) is 11.8 Å². The zero-order valence-corrected chi connectivity index (χ0v) is 12.9. The molecule has 7 heteroatoms. The summed E-state index contributed by atoms with van der Waals surface area (Å²) in [5.74, 6) is -1.61. The van der Waals surface area contributed by atoms with Crippen molar-refractivity contribution in [3.63, 3.8) is 0 Å². The molecule has 2 amide bonds. The molecule has 0 heterocycles. The van der Waals surface area contributed by atoms with Gasteiger partial charge < -0.3 is 10.4 Å².